The zero-order chi connectivity index (χ0) is 20.9. The number of amides is 3. The summed E-state index contributed by atoms with van der Waals surface area (Å²) in [5.74, 6) is -0.336. The molecule has 1 fully saturated rings. The maximum atomic E-state index is 13.0. The quantitative estimate of drug-likeness (QED) is 0.807. The van der Waals surface area contributed by atoms with Gasteiger partial charge in [0, 0.05) is 26.2 Å². The molecule has 2 aromatic rings. The van der Waals surface area contributed by atoms with Crippen LogP contribution in [0.5, 0.6) is 0 Å². The summed E-state index contributed by atoms with van der Waals surface area (Å²) < 4.78 is 13.0. The van der Waals surface area contributed by atoms with E-state index < -0.39 is 5.41 Å². The molecule has 0 bridgehead atoms. The van der Waals surface area contributed by atoms with Crippen LogP contribution in [-0.2, 0) is 17.9 Å². The fourth-order valence-corrected chi connectivity index (χ4v) is 3.59. The van der Waals surface area contributed by atoms with Crippen LogP contribution in [0, 0.1) is 18.2 Å². The lowest BCUT2D eigenvalue weighted by Gasteiger charge is -2.39. The number of hydrogen-bond donors (Lipinski definition) is 2. The summed E-state index contributed by atoms with van der Waals surface area (Å²) in [4.78, 5) is 27.1. The smallest absolute Gasteiger partial charge is 0.317 e. The molecule has 1 heterocycles. The predicted octanol–water partition coefficient (Wildman–Crippen LogP) is 3.76. The van der Waals surface area contributed by atoms with Gasteiger partial charge in [-0.1, -0.05) is 42.0 Å². The standard InChI is InChI=1S/C23H28FN3O2/c1-17-4-6-18(7-5-17)14-25-21(28)23(2)12-3-13-27(16-23)22(29)26-15-19-8-10-20(24)11-9-19/h4-11H,3,12-16H2,1-2H3,(H,25,28)(H,26,29)/t23-/m1/s1. The van der Waals surface area contributed by atoms with E-state index in [4.69, 9.17) is 0 Å². The van der Waals surface area contributed by atoms with Crippen molar-refractivity contribution in [2.75, 3.05) is 13.1 Å². The van der Waals surface area contributed by atoms with E-state index in [-0.39, 0.29) is 17.8 Å². The highest BCUT2D eigenvalue weighted by Crippen LogP contribution is 2.30. The van der Waals surface area contributed by atoms with E-state index >= 15 is 0 Å². The van der Waals surface area contributed by atoms with Crippen LogP contribution in [0.3, 0.4) is 0 Å². The largest absolute Gasteiger partial charge is 0.351 e. The Morgan fingerprint density at radius 3 is 2.24 bits per heavy atom. The third-order valence-corrected chi connectivity index (χ3v) is 5.46. The van der Waals surface area contributed by atoms with Crippen LogP contribution in [-0.4, -0.2) is 29.9 Å². The summed E-state index contributed by atoms with van der Waals surface area (Å²) in [5.41, 5.74) is 2.45. The molecule has 1 aliphatic heterocycles. The van der Waals surface area contributed by atoms with Crippen LogP contribution in [0.4, 0.5) is 9.18 Å². The molecule has 2 aromatic carbocycles. The van der Waals surface area contributed by atoms with Gasteiger partial charge >= 0.3 is 6.03 Å². The number of carbonyl (C=O) groups is 2. The van der Waals surface area contributed by atoms with Crippen molar-refractivity contribution >= 4 is 11.9 Å². The van der Waals surface area contributed by atoms with Crippen molar-refractivity contribution in [2.45, 2.75) is 39.8 Å². The molecule has 1 atom stereocenters. The maximum absolute atomic E-state index is 13.0. The fraction of sp³-hybridized carbons (Fsp3) is 0.391. The number of nitrogens with zero attached hydrogens (tertiary/aromatic N) is 1. The lowest BCUT2D eigenvalue weighted by Crippen LogP contribution is -2.53. The van der Waals surface area contributed by atoms with E-state index in [2.05, 4.69) is 10.6 Å². The Balaban J connectivity index is 1.53. The van der Waals surface area contributed by atoms with Crippen molar-refractivity contribution in [2.24, 2.45) is 5.41 Å². The van der Waals surface area contributed by atoms with E-state index in [9.17, 15) is 14.0 Å². The molecule has 5 nitrogen and oxygen atoms in total. The first-order valence-electron chi connectivity index (χ1n) is 9.97. The first-order chi connectivity index (χ1) is 13.9. The second kappa shape index (κ2) is 9.07. The number of aryl methyl sites for hydroxylation is 1. The zero-order valence-electron chi connectivity index (χ0n) is 17.0. The summed E-state index contributed by atoms with van der Waals surface area (Å²) in [6.07, 6.45) is 1.52. The number of hydrogen-bond acceptors (Lipinski definition) is 2. The van der Waals surface area contributed by atoms with Crippen LogP contribution in [0.15, 0.2) is 48.5 Å². The highest BCUT2D eigenvalue weighted by molar-refractivity contribution is 5.84. The number of likely N-dealkylation sites (tertiary alicyclic amines) is 1. The maximum Gasteiger partial charge on any atom is 0.317 e. The van der Waals surface area contributed by atoms with E-state index in [1.165, 1.54) is 17.7 Å². The third-order valence-electron chi connectivity index (χ3n) is 5.46. The number of halogens is 1. The first kappa shape index (κ1) is 20.8. The van der Waals surface area contributed by atoms with Gasteiger partial charge in [-0.15, -0.1) is 0 Å². The molecule has 0 unspecified atom stereocenters. The van der Waals surface area contributed by atoms with Crippen LogP contribution in [0.25, 0.3) is 0 Å². The molecule has 0 radical (unpaired) electrons. The van der Waals surface area contributed by atoms with Crippen LogP contribution >= 0.6 is 0 Å². The Morgan fingerprint density at radius 1 is 1.00 bits per heavy atom. The van der Waals surface area contributed by atoms with E-state index in [0.717, 1.165) is 24.0 Å². The van der Waals surface area contributed by atoms with Crippen LogP contribution in [0.1, 0.15) is 36.5 Å². The Kier molecular flexibility index (Phi) is 6.52. The SMILES string of the molecule is Cc1ccc(CNC(=O)[C@]2(C)CCCN(C(=O)NCc3ccc(F)cc3)C2)cc1. The highest BCUT2D eigenvalue weighted by Gasteiger charge is 2.39. The van der Waals surface area contributed by atoms with Gasteiger partial charge < -0.3 is 15.5 Å². The van der Waals surface area contributed by atoms with Crippen molar-refractivity contribution in [1.29, 1.82) is 0 Å². The highest BCUT2D eigenvalue weighted by atomic mass is 19.1. The molecular formula is C23H28FN3O2. The van der Waals surface area contributed by atoms with Gasteiger partial charge in [-0.3, -0.25) is 4.79 Å². The van der Waals surface area contributed by atoms with Crippen LogP contribution in [0.2, 0.25) is 0 Å². The molecule has 6 heteroatoms. The van der Waals surface area contributed by atoms with Crippen molar-refractivity contribution in [3.8, 4) is 0 Å². The summed E-state index contributed by atoms with van der Waals surface area (Å²) in [6.45, 7) is 5.74. The molecule has 3 amide bonds. The van der Waals surface area contributed by atoms with Gasteiger partial charge in [-0.05, 0) is 49.9 Å². The van der Waals surface area contributed by atoms with Gasteiger partial charge in [-0.25, -0.2) is 9.18 Å². The first-order valence-corrected chi connectivity index (χ1v) is 9.97. The van der Waals surface area contributed by atoms with Crippen molar-refractivity contribution in [1.82, 2.24) is 15.5 Å². The number of urea groups is 1. The molecule has 29 heavy (non-hydrogen) atoms. The minimum Gasteiger partial charge on any atom is -0.351 e. The van der Waals surface area contributed by atoms with Gasteiger partial charge in [0.1, 0.15) is 5.82 Å². The van der Waals surface area contributed by atoms with Crippen molar-refractivity contribution < 1.29 is 14.0 Å². The van der Waals surface area contributed by atoms with E-state index in [0.29, 0.717) is 26.2 Å². The lowest BCUT2D eigenvalue weighted by atomic mass is 9.81. The second-order valence-electron chi connectivity index (χ2n) is 8.04. The summed E-state index contributed by atoms with van der Waals surface area (Å²) in [7, 11) is 0. The Bertz CT molecular complexity index is 851. The average molecular weight is 397 g/mol. The van der Waals surface area contributed by atoms with Crippen LogP contribution < -0.4 is 10.6 Å². The molecule has 1 saturated heterocycles. The fourth-order valence-electron chi connectivity index (χ4n) is 3.59. The van der Waals surface area contributed by atoms with Crippen molar-refractivity contribution in [3.05, 3.63) is 71.0 Å². The molecule has 0 saturated carbocycles. The minimum atomic E-state index is -0.615. The number of piperidine rings is 1. The third kappa shape index (κ3) is 5.56. The van der Waals surface area contributed by atoms with E-state index in [1.54, 1.807) is 17.0 Å². The van der Waals surface area contributed by atoms with E-state index in [1.807, 2.05) is 38.1 Å². The summed E-state index contributed by atoms with van der Waals surface area (Å²) in [5, 5.41) is 5.88. The molecule has 154 valence electrons. The number of carbonyl (C=O) groups excluding carboxylic acids is 2. The summed E-state index contributed by atoms with van der Waals surface area (Å²) in [6, 6.07) is 13.9. The molecule has 3 rings (SSSR count). The Hall–Kier alpha value is -2.89. The predicted molar refractivity (Wildman–Crippen MR) is 111 cm³/mol. The lowest BCUT2D eigenvalue weighted by molar-refractivity contribution is -0.132. The van der Waals surface area contributed by atoms with Gasteiger partial charge in [0.25, 0.3) is 0 Å². The molecule has 1 aliphatic rings. The second-order valence-corrected chi connectivity index (χ2v) is 8.04. The molecule has 0 aliphatic carbocycles. The molecule has 0 spiro atoms. The zero-order valence-corrected chi connectivity index (χ0v) is 17.0. The Morgan fingerprint density at radius 2 is 1.59 bits per heavy atom. The Labute approximate surface area is 171 Å². The normalized spacial score (nSPS) is 18.9. The minimum absolute atomic E-state index is 0.0332. The number of rotatable bonds is 5. The molecule has 0 aromatic heterocycles. The number of benzene rings is 2. The molecule has 2 N–H and O–H groups in total. The van der Waals surface area contributed by atoms with Gasteiger partial charge in [0.2, 0.25) is 5.91 Å². The van der Waals surface area contributed by atoms with Gasteiger partial charge in [-0.2, -0.15) is 0 Å². The summed E-state index contributed by atoms with van der Waals surface area (Å²) >= 11 is 0. The topological polar surface area (TPSA) is 61.4 Å². The molecular weight excluding hydrogens is 369 g/mol. The number of nitrogens with one attached hydrogen (secondary N) is 2. The average Bonchev–Trinajstić information content (AvgIpc) is 2.72. The monoisotopic (exact) mass is 397 g/mol. The van der Waals surface area contributed by atoms with Gasteiger partial charge in [0.05, 0.1) is 5.41 Å². The van der Waals surface area contributed by atoms with Gasteiger partial charge in [0.15, 0.2) is 0 Å². The van der Waals surface area contributed by atoms with Crippen molar-refractivity contribution in [3.63, 3.8) is 0 Å².